The average molecular weight is 297 g/mol. The molecule has 0 aliphatic carbocycles. The number of ether oxygens (including phenoxy) is 1. The molecule has 2 saturated heterocycles. The maximum atomic E-state index is 6.11. The topological polar surface area (TPSA) is 61.0 Å². The van der Waals surface area contributed by atoms with E-state index >= 15 is 0 Å². The van der Waals surface area contributed by atoms with E-state index in [9.17, 15) is 0 Å². The number of hydrogen-bond donors (Lipinski definition) is 1. The van der Waals surface area contributed by atoms with Crippen LogP contribution < -0.4 is 5.73 Å². The fourth-order valence-corrected chi connectivity index (χ4v) is 5.21. The van der Waals surface area contributed by atoms with Crippen molar-refractivity contribution in [3.63, 3.8) is 0 Å². The molecule has 3 rings (SSSR count). The van der Waals surface area contributed by atoms with Crippen molar-refractivity contribution >= 4 is 29.3 Å². The number of hydrogen-bond acceptors (Lipinski definition) is 6. The number of nitrogens with two attached hydrogens (primary N) is 1. The minimum atomic E-state index is 0.123. The molecule has 2 aliphatic rings. The van der Waals surface area contributed by atoms with Gasteiger partial charge in [-0.15, -0.1) is 0 Å². The van der Waals surface area contributed by atoms with E-state index in [-0.39, 0.29) is 5.60 Å². The average Bonchev–Trinajstić information content (AvgIpc) is 2.42. The summed E-state index contributed by atoms with van der Waals surface area (Å²) in [5.41, 5.74) is 6.00. The second-order valence-corrected chi connectivity index (χ2v) is 7.64. The summed E-state index contributed by atoms with van der Waals surface area (Å²) in [6, 6.07) is 0. The zero-order valence-electron chi connectivity index (χ0n) is 10.9. The molecule has 0 amide bonds. The number of nitrogens with zero attached hydrogens (tertiary/aromatic N) is 2. The van der Waals surface area contributed by atoms with Gasteiger partial charge >= 0.3 is 0 Å². The van der Waals surface area contributed by atoms with Crippen LogP contribution in [0.1, 0.15) is 25.7 Å². The maximum Gasteiger partial charge on any atom is 0.156 e. The Labute approximate surface area is 122 Å². The van der Waals surface area contributed by atoms with Crippen LogP contribution in [0.3, 0.4) is 0 Å². The van der Waals surface area contributed by atoms with Gasteiger partial charge in [-0.05, 0) is 37.2 Å². The molecular formula is C13H19N3OS2. The van der Waals surface area contributed by atoms with Gasteiger partial charge in [-0.1, -0.05) is 11.8 Å². The molecule has 2 N–H and O–H groups in total. The Morgan fingerprint density at radius 2 is 2.11 bits per heavy atom. The van der Waals surface area contributed by atoms with E-state index in [1.165, 1.54) is 24.3 Å². The van der Waals surface area contributed by atoms with Gasteiger partial charge in [0.1, 0.15) is 5.03 Å². The lowest BCUT2D eigenvalue weighted by Crippen LogP contribution is -2.43. The summed E-state index contributed by atoms with van der Waals surface area (Å²) in [5, 5.41) is 1.42. The Morgan fingerprint density at radius 1 is 1.32 bits per heavy atom. The number of aromatic nitrogens is 2. The highest BCUT2D eigenvalue weighted by molar-refractivity contribution is 8.00. The lowest BCUT2D eigenvalue weighted by Gasteiger charge is -2.43. The zero-order chi connectivity index (χ0) is 13.1. The molecule has 1 aromatic rings. The third-order valence-electron chi connectivity index (χ3n) is 3.82. The van der Waals surface area contributed by atoms with E-state index in [2.05, 4.69) is 9.97 Å². The normalized spacial score (nSPS) is 26.4. The summed E-state index contributed by atoms with van der Waals surface area (Å²) in [4.78, 5) is 8.44. The van der Waals surface area contributed by atoms with Crippen molar-refractivity contribution in [1.29, 1.82) is 0 Å². The Hall–Kier alpha value is -0.460. The van der Waals surface area contributed by atoms with Gasteiger partial charge in [-0.2, -0.15) is 11.8 Å². The SMILES string of the molecule is Nc1nccnc1SC1CCOC2(CCSCC2)C1. The van der Waals surface area contributed by atoms with Gasteiger partial charge in [-0.3, -0.25) is 0 Å². The van der Waals surface area contributed by atoms with Crippen LogP contribution in [-0.2, 0) is 4.74 Å². The number of nitrogen functional groups attached to an aromatic ring is 1. The molecule has 2 fully saturated rings. The van der Waals surface area contributed by atoms with Crippen LogP contribution in [0, 0.1) is 0 Å². The third kappa shape index (κ3) is 3.17. The molecule has 1 spiro atoms. The molecule has 19 heavy (non-hydrogen) atoms. The van der Waals surface area contributed by atoms with E-state index in [1.54, 1.807) is 24.2 Å². The van der Waals surface area contributed by atoms with Crippen molar-refractivity contribution in [2.24, 2.45) is 0 Å². The minimum absolute atomic E-state index is 0.123. The van der Waals surface area contributed by atoms with E-state index in [4.69, 9.17) is 10.5 Å². The van der Waals surface area contributed by atoms with Gasteiger partial charge in [0, 0.05) is 24.3 Å². The molecule has 0 radical (unpaired) electrons. The molecule has 0 saturated carbocycles. The lowest BCUT2D eigenvalue weighted by molar-refractivity contribution is -0.0805. The number of rotatable bonds is 2. The van der Waals surface area contributed by atoms with Crippen LogP contribution in [0.5, 0.6) is 0 Å². The highest BCUT2D eigenvalue weighted by atomic mass is 32.2. The first-order valence-electron chi connectivity index (χ1n) is 6.72. The van der Waals surface area contributed by atoms with E-state index in [0.717, 1.165) is 24.5 Å². The fraction of sp³-hybridized carbons (Fsp3) is 0.692. The second-order valence-electron chi connectivity index (χ2n) is 5.12. The van der Waals surface area contributed by atoms with Crippen molar-refractivity contribution in [3.05, 3.63) is 12.4 Å². The largest absolute Gasteiger partial charge is 0.381 e. The first kappa shape index (κ1) is 13.5. The number of anilines is 1. The van der Waals surface area contributed by atoms with E-state index in [0.29, 0.717) is 11.1 Å². The standard InChI is InChI=1S/C13H19N3OS2/c14-11-12(16-5-4-15-11)19-10-1-6-17-13(9-10)2-7-18-8-3-13/h4-5,10H,1-3,6-9H2,(H2,14,15). The first-order valence-corrected chi connectivity index (χ1v) is 8.76. The molecule has 1 aromatic heterocycles. The molecule has 4 nitrogen and oxygen atoms in total. The molecular weight excluding hydrogens is 278 g/mol. The van der Waals surface area contributed by atoms with Crippen molar-refractivity contribution in [2.45, 2.75) is 41.6 Å². The molecule has 2 aliphatic heterocycles. The quantitative estimate of drug-likeness (QED) is 0.905. The molecule has 1 unspecified atom stereocenters. The minimum Gasteiger partial charge on any atom is -0.381 e. The van der Waals surface area contributed by atoms with Gasteiger partial charge in [0.25, 0.3) is 0 Å². The van der Waals surface area contributed by atoms with E-state index < -0.39 is 0 Å². The monoisotopic (exact) mass is 297 g/mol. The summed E-state index contributed by atoms with van der Waals surface area (Å²) in [6.07, 6.45) is 7.92. The Bertz CT molecular complexity index is 432. The molecule has 3 heterocycles. The molecule has 104 valence electrons. The Kier molecular flexibility index (Phi) is 4.19. The van der Waals surface area contributed by atoms with Gasteiger partial charge in [0.15, 0.2) is 5.82 Å². The summed E-state index contributed by atoms with van der Waals surface area (Å²) in [5.74, 6) is 3.00. The Morgan fingerprint density at radius 3 is 2.89 bits per heavy atom. The van der Waals surface area contributed by atoms with E-state index in [1.807, 2.05) is 11.8 Å². The van der Waals surface area contributed by atoms with Crippen molar-refractivity contribution in [3.8, 4) is 0 Å². The smallest absolute Gasteiger partial charge is 0.156 e. The van der Waals surface area contributed by atoms with Crippen LogP contribution in [-0.4, -0.2) is 38.9 Å². The van der Waals surface area contributed by atoms with Gasteiger partial charge in [0.05, 0.1) is 5.60 Å². The van der Waals surface area contributed by atoms with Gasteiger partial charge in [0.2, 0.25) is 0 Å². The van der Waals surface area contributed by atoms with Crippen LogP contribution in [0.4, 0.5) is 5.82 Å². The lowest BCUT2D eigenvalue weighted by atomic mass is 9.88. The van der Waals surface area contributed by atoms with Crippen LogP contribution in [0.2, 0.25) is 0 Å². The summed E-state index contributed by atoms with van der Waals surface area (Å²) in [7, 11) is 0. The first-order chi connectivity index (χ1) is 9.27. The molecule has 0 bridgehead atoms. The van der Waals surface area contributed by atoms with Crippen molar-refractivity contribution < 1.29 is 4.74 Å². The van der Waals surface area contributed by atoms with Crippen molar-refractivity contribution in [1.82, 2.24) is 9.97 Å². The highest BCUT2D eigenvalue weighted by Crippen LogP contribution is 2.42. The summed E-state index contributed by atoms with van der Waals surface area (Å²) >= 11 is 3.81. The molecule has 6 heteroatoms. The highest BCUT2D eigenvalue weighted by Gasteiger charge is 2.39. The summed E-state index contributed by atoms with van der Waals surface area (Å²) in [6.45, 7) is 0.864. The van der Waals surface area contributed by atoms with Crippen molar-refractivity contribution in [2.75, 3.05) is 23.8 Å². The van der Waals surface area contributed by atoms with Crippen LogP contribution >= 0.6 is 23.5 Å². The van der Waals surface area contributed by atoms with Gasteiger partial charge in [-0.25, -0.2) is 9.97 Å². The van der Waals surface area contributed by atoms with Crippen LogP contribution in [0.15, 0.2) is 17.4 Å². The predicted octanol–water partition coefficient (Wildman–Crippen LogP) is 2.60. The zero-order valence-corrected chi connectivity index (χ0v) is 12.5. The fourth-order valence-electron chi connectivity index (χ4n) is 2.76. The second kappa shape index (κ2) is 5.89. The third-order valence-corrected chi connectivity index (χ3v) is 6.08. The van der Waals surface area contributed by atoms with Gasteiger partial charge < -0.3 is 10.5 Å². The molecule has 1 atom stereocenters. The molecule has 0 aromatic carbocycles. The van der Waals surface area contributed by atoms with Crippen LogP contribution in [0.25, 0.3) is 0 Å². The number of thioether (sulfide) groups is 2. The maximum absolute atomic E-state index is 6.11. The predicted molar refractivity (Wildman–Crippen MR) is 80.6 cm³/mol. The Balaban J connectivity index is 1.67. The summed E-state index contributed by atoms with van der Waals surface area (Å²) < 4.78 is 6.11.